The van der Waals surface area contributed by atoms with Gasteiger partial charge in [-0.25, -0.2) is 0 Å². The maximum atomic E-state index is 12.9. The summed E-state index contributed by atoms with van der Waals surface area (Å²) in [5, 5.41) is 2.84. The summed E-state index contributed by atoms with van der Waals surface area (Å²) in [6.45, 7) is 10.1. The molecule has 0 saturated carbocycles. The molecule has 0 radical (unpaired) electrons. The highest BCUT2D eigenvalue weighted by molar-refractivity contribution is 6.09. The molecule has 0 saturated heterocycles. The fraction of sp³-hybridized carbons (Fsp3) is 0.259. The predicted octanol–water partition coefficient (Wildman–Crippen LogP) is 5.93. The van der Waals surface area contributed by atoms with Crippen molar-refractivity contribution in [2.45, 2.75) is 46.1 Å². The van der Waals surface area contributed by atoms with Crippen molar-refractivity contribution in [3.05, 3.63) is 95.1 Å². The number of carbonyl (C=O) groups is 2. The monoisotopic (exact) mass is 415 g/mol. The van der Waals surface area contributed by atoms with Crippen molar-refractivity contribution in [1.82, 2.24) is 0 Å². The Morgan fingerprint density at radius 2 is 1.55 bits per heavy atom. The van der Waals surface area contributed by atoms with Gasteiger partial charge in [0.1, 0.15) is 5.75 Å². The Morgan fingerprint density at radius 1 is 0.871 bits per heavy atom. The molecule has 0 bridgehead atoms. The predicted molar refractivity (Wildman–Crippen MR) is 125 cm³/mol. The van der Waals surface area contributed by atoms with Crippen molar-refractivity contribution in [3.63, 3.8) is 0 Å². The zero-order valence-corrected chi connectivity index (χ0v) is 18.7. The fourth-order valence-electron chi connectivity index (χ4n) is 3.20. The number of aryl methyl sites for hydroxylation is 1. The molecule has 0 aliphatic rings. The number of anilines is 1. The minimum absolute atomic E-state index is 0.0306. The second-order valence-electron chi connectivity index (χ2n) is 8.75. The molecule has 31 heavy (non-hydrogen) atoms. The van der Waals surface area contributed by atoms with Crippen molar-refractivity contribution >= 4 is 17.4 Å². The molecular weight excluding hydrogens is 386 g/mol. The number of hydrogen-bond acceptors (Lipinski definition) is 3. The number of benzene rings is 3. The second-order valence-corrected chi connectivity index (χ2v) is 8.75. The number of amides is 1. The Hall–Kier alpha value is -3.40. The molecule has 1 atom stereocenters. The van der Waals surface area contributed by atoms with E-state index in [2.05, 4.69) is 26.1 Å². The molecule has 0 spiro atoms. The number of ether oxygens (including phenoxy) is 1. The SMILES string of the molecule is Cc1ccccc1O[C@H](C)C(=O)Nc1cccc(C(=O)c2ccc(C(C)(C)C)cc2)c1. The van der Waals surface area contributed by atoms with Crippen LogP contribution in [0.1, 0.15) is 54.7 Å². The molecule has 0 aliphatic heterocycles. The maximum Gasteiger partial charge on any atom is 0.265 e. The topological polar surface area (TPSA) is 55.4 Å². The Balaban J connectivity index is 1.70. The standard InChI is InChI=1S/C27H29NO3/c1-18-9-6-7-12-24(18)31-19(2)26(30)28-23-11-8-10-21(17-23)25(29)20-13-15-22(16-14-20)27(3,4)5/h6-17,19H,1-5H3,(H,28,30)/t19-/m1/s1. The number of hydrogen-bond donors (Lipinski definition) is 1. The lowest BCUT2D eigenvalue weighted by atomic mass is 9.86. The molecule has 0 fully saturated rings. The van der Waals surface area contributed by atoms with Gasteiger partial charge in [-0.2, -0.15) is 0 Å². The molecule has 0 heterocycles. The summed E-state index contributed by atoms with van der Waals surface area (Å²) in [4.78, 5) is 25.5. The lowest BCUT2D eigenvalue weighted by Gasteiger charge is -2.19. The lowest BCUT2D eigenvalue weighted by Crippen LogP contribution is -2.30. The van der Waals surface area contributed by atoms with Crippen LogP contribution in [0.2, 0.25) is 0 Å². The molecule has 4 nitrogen and oxygen atoms in total. The average Bonchev–Trinajstić information content (AvgIpc) is 2.74. The van der Waals surface area contributed by atoms with Crippen molar-refractivity contribution in [2.75, 3.05) is 5.32 Å². The van der Waals surface area contributed by atoms with Gasteiger partial charge in [0, 0.05) is 16.8 Å². The highest BCUT2D eigenvalue weighted by Crippen LogP contribution is 2.24. The molecule has 0 aliphatic carbocycles. The molecular formula is C27H29NO3. The summed E-state index contributed by atoms with van der Waals surface area (Å²) >= 11 is 0. The molecule has 3 aromatic rings. The van der Waals surface area contributed by atoms with Gasteiger partial charge in [-0.15, -0.1) is 0 Å². The highest BCUT2D eigenvalue weighted by atomic mass is 16.5. The first-order chi connectivity index (χ1) is 14.6. The zero-order valence-electron chi connectivity index (χ0n) is 18.7. The van der Waals surface area contributed by atoms with Crippen LogP contribution in [-0.4, -0.2) is 17.8 Å². The van der Waals surface area contributed by atoms with Gasteiger partial charge in [-0.3, -0.25) is 9.59 Å². The first-order valence-electron chi connectivity index (χ1n) is 10.4. The first kappa shape index (κ1) is 22.3. The van der Waals surface area contributed by atoms with E-state index in [4.69, 9.17) is 4.74 Å². The normalized spacial score (nSPS) is 12.2. The Bertz CT molecular complexity index is 1080. The van der Waals surface area contributed by atoms with Crippen LogP contribution >= 0.6 is 0 Å². The van der Waals surface area contributed by atoms with Crippen LogP contribution in [0.4, 0.5) is 5.69 Å². The molecule has 4 heteroatoms. The third-order valence-electron chi connectivity index (χ3n) is 5.17. The zero-order chi connectivity index (χ0) is 22.6. The summed E-state index contributed by atoms with van der Waals surface area (Å²) in [5.74, 6) is 0.316. The van der Waals surface area contributed by atoms with E-state index in [1.54, 1.807) is 31.2 Å². The summed E-state index contributed by atoms with van der Waals surface area (Å²) in [7, 11) is 0. The van der Waals surface area contributed by atoms with Gasteiger partial charge in [0.05, 0.1) is 0 Å². The number of para-hydroxylation sites is 1. The molecule has 0 aromatic heterocycles. The Morgan fingerprint density at radius 3 is 2.19 bits per heavy atom. The molecule has 160 valence electrons. The number of carbonyl (C=O) groups excluding carboxylic acids is 2. The molecule has 0 unspecified atom stereocenters. The van der Waals surface area contributed by atoms with E-state index in [1.807, 2.05) is 55.5 Å². The van der Waals surface area contributed by atoms with Crippen LogP contribution in [0.5, 0.6) is 5.75 Å². The number of rotatable bonds is 6. The van der Waals surface area contributed by atoms with Gasteiger partial charge in [0.2, 0.25) is 0 Å². The maximum absolute atomic E-state index is 12.9. The molecule has 1 amide bonds. The minimum atomic E-state index is -0.676. The van der Waals surface area contributed by atoms with E-state index in [-0.39, 0.29) is 17.1 Å². The smallest absolute Gasteiger partial charge is 0.265 e. The lowest BCUT2D eigenvalue weighted by molar-refractivity contribution is -0.122. The summed E-state index contributed by atoms with van der Waals surface area (Å²) in [5.41, 5.74) is 3.87. The fourth-order valence-corrected chi connectivity index (χ4v) is 3.20. The Kier molecular flexibility index (Phi) is 6.59. The van der Waals surface area contributed by atoms with Gasteiger partial charge in [-0.05, 0) is 48.6 Å². The van der Waals surface area contributed by atoms with E-state index in [0.717, 1.165) is 5.56 Å². The number of ketones is 1. The van der Waals surface area contributed by atoms with E-state index in [1.165, 1.54) is 5.56 Å². The minimum Gasteiger partial charge on any atom is -0.481 e. The third kappa shape index (κ3) is 5.60. The van der Waals surface area contributed by atoms with Crippen LogP contribution in [0.25, 0.3) is 0 Å². The largest absolute Gasteiger partial charge is 0.481 e. The van der Waals surface area contributed by atoms with Crippen LogP contribution < -0.4 is 10.1 Å². The Labute approximate surface area is 184 Å². The van der Waals surface area contributed by atoms with Crippen LogP contribution in [0.15, 0.2) is 72.8 Å². The third-order valence-corrected chi connectivity index (χ3v) is 5.17. The van der Waals surface area contributed by atoms with E-state index in [0.29, 0.717) is 22.6 Å². The van der Waals surface area contributed by atoms with Crippen LogP contribution in [0.3, 0.4) is 0 Å². The van der Waals surface area contributed by atoms with Crippen LogP contribution in [-0.2, 0) is 10.2 Å². The highest BCUT2D eigenvalue weighted by Gasteiger charge is 2.18. The first-order valence-corrected chi connectivity index (χ1v) is 10.4. The molecule has 1 N–H and O–H groups in total. The number of nitrogens with one attached hydrogen (secondary N) is 1. The van der Waals surface area contributed by atoms with Gasteiger partial charge in [0.15, 0.2) is 11.9 Å². The van der Waals surface area contributed by atoms with Gasteiger partial charge in [-0.1, -0.05) is 75.4 Å². The van der Waals surface area contributed by atoms with Crippen molar-refractivity contribution < 1.29 is 14.3 Å². The molecule has 3 rings (SSSR count). The summed E-state index contributed by atoms with van der Waals surface area (Å²) in [6, 6.07) is 22.2. The van der Waals surface area contributed by atoms with Gasteiger partial charge >= 0.3 is 0 Å². The van der Waals surface area contributed by atoms with Crippen LogP contribution in [0, 0.1) is 6.92 Å². The molecule has 3 aromatic carbocycles. The quantitative estimate of drug-likeness (QED) is 0.508. The average molecular weight is 416 g/mol. The summed E-state index contributed by atoms with van der Waals surface area (Å²) < 4.78 is 5.79. The van der Waals surface area contributed by atoms with Gasteiger partial charge in [0.25, 0.3) is 5.91 Å². The summed E-state index contributed by atoms with van der Waals surface area (Å²) in [6.07, 6.45) is -0.676. The van der Waals surface area contributed by atoms with E-state index >= 15 is 0 Å². The second kappa shape index (κ2) is 9.17. The van der Waals surface area contributed by atoms with E-state index in [9.17, 15) is 9.59 Å². The van der Waals surface area contributed by atoms with E-state index < -0.39 is 6.10 Å². The van der Waals surface area contributed by atoms with Crippen molar-refractivity contribution in [2.24, 2.45) is 0 Å². The van der Waals surface area contributed by atoms with Crippen molar-refractivity contribution in [3.8, 4) is 5.75 Å². The van der Waals surface area contributed by atoms with Crippen molar-refractivity contribution in [1.29, 1.82) is 0 Å². The van der Waals surface area contributed by atoms with Gasteiger partial charge < -0.3 is 10.1 Å².